The van der Waals surface area contributed by atoms with Crippen LogP contribution in [0.5, 0.6) is 0 Å². The van der Waals surface area contributed by atoms with Gasteiger partial charge in [0.25, 0.3) is 0 Å². The lowest BCUT2D eigenvalue weighted by Crippen LogP contribution is -2.30. The summed E-state index contributed by atoms with van der Waals surface area (Å²) in [5.41, 5.74) is 0.891. The number of esters is 1. The second kappa shape index (κ2) is 6.30. The van der Waals surface area contributed by atoms with E-state index in [0.29, 0.717) is 11.4 Å². The molecule has 0 radical (unpaired) electrons. The van der Waals surface area contributed by atoms with Crippen molar-refractivity contribution in [1.82, 2.24) is 0 Å². The Bertz CT molecular complexity index is 384. The van der Waals surface area contributed by atoms with Gasteiger partial charge < -0.3 is 10.1 Å². The highest BCUT2D eigenvalue weighted by Gasteiger charge is 2.17. The largest absolute Gasteiger partial charge is 0.467 e. The Labute approximate surface area is 114 Å². The van der Waals surface area contributed by atoms with Crippen molar-refractivity contribution in [1.29, 1.82) is 0 Å². The van der Waals surface area contributed by atoms with Crippen LogP contribution in [0.2, 0.25) is 5.02 Å². The van der Waals surface area contributed by atoms with Gasteiger partial charge >= 0.3 is 5.97 Å². The fraction of sp³-hybridized carbons (Fsp3) is 0.364. The molecule has 16 heavy (non-hydrogen) atoms. The molecule has 0 fully saturated rings. The first-order valence-electron chi connectivity index (χ1n) is 4.88. The number of nitrogens with one attached hydrogen (secondary N) is 1. The fourth-order valence-corrected chi connectivity index (χ4v) is 2.29. The highest BCUT2D eigenvalue weighted by Crippen LogP contribution is 2.23. The van der Waals surface area contributed by atoms with Crippen molar-refractivity contribution in [2.24, 2.45) is 0 Å². The lowest BCUT2D eigenvalue weighted by molar-refractivity contribution is -0.141. The molecule has 5 heteroatoms. The number of carbonyl (C=O) groups is 1. The van der Waals surface area contributed by atoms with Gasteiger partial charge in [-0.2, -0.15) is 0 Å². The second-order valence-corrected chi connectivity index (χ2v) is 4.85. The van der Waals surface area contributed by atoms with E-state index in [0.717, 1.165) is 9.26 Å². The van der Waals surface area contributed by atoms with E-state index in [9.17, 15) is 4.79 Å². The van der Waals surface area contributed by atoms with E-state index in [-0.39, 0.29) is 12.0 Å². The molecule has 0 spiro atoms. The number of ether oxygens (including phenoxy) is 1. The average molecular weight is 354 g/mol. The number of methoxy groups -OCH3 is 1. The number of rotatable bonds is 4. The molecular weight excluding hydrogens is 340 g/mol. The van der Waals surface area contributed by atoms with Crippen LogP contribution in [0.25, 0.3) is 0 Å². The molecule has 0 aliphatic carbocycles. The van der Waals surface area contributed by atoms with Crippen molar-refractivity contribution in [3.8, 4) is 0 Å². The lowest BCUT2D eigenvalue weighted by atomic mass is 10.2. The van der Waals surface area contributed by atoms with Gasteiger partial charge in [0, 0.05) is 14.3 Å². The number of hydrogen-bond acceptors (Lipinski definition) is 3. The standard InChI is InChI=1S/C11H13ClINO2/c1-3-9(11(15)16-2)14-10-5-4-7(12)6-8(10)13/h4-6,9,14H,3H2,1-2H3. The van der Waals surface area contributed by atoms with Crippen LogP contribution in [0, 0.1) is 3.57 Å². The average Bonchev–Trinajstić information content (AvgIpc) is 2.27. The van der Waals surface area contributed by atoms with Crippen molar-refractivity contribution < 1.29 is 9.53 Å². The zero-order chi connectivity index (χ0) is 12.1. The Balaban J connectivity index is 2.82. The topological polar surface area (TPSA) is 38.3 Å². The van der Waals surface area contributed by atoms with E-state index < -0.39 is 0 Å². The van der Waals surface area contributed by atoms with Gasteiger partial charge in [-0.05, 0) is 47.2 Å². The van der Waals surface area contributed by atoms with Crippen LogP contribution in [0.4, 0.5) is 5.69 Å². The van der Waals surface area contributed by atoms with Crippen molar-refractivity contribution in [2.75, 3.05) is 12.4 Å². The summed E-state index contributed by atoms with van der Waals surface area (Å²) in [4.78, 5) is 11.4. The lowest BCUT2D eigenvalue weighted by Gasteiger charge is -2.16. The number of anilines is 1. The Hall–Kier alpha value is -0.490. The van der Waals surface area contributed by atoms with Crippen LogP contribution in [0.15, 0.2) is 18.2 Å². The first kappa shape index (κ1) is 13.6. The number of hydrogen-bond donors (Lipinski definition) is 1. The molecule has 1 N–H and O–H groups in total. The molecule has 0 heterocycles. The molecule has 1 atom stereocenters. The third kappa shape index (κ3) is 3.52. The third-order valence-corrected chi connectivity index (χ3v) is 3.28. The molecule has 3 nitrogen and oxygen atoms in total. The normalized spacial score (nSPS) is 12.0. The van der Waals surface area contributed by atoms with Gasteiger partial charge in [0.05, 0.1) is 7.11 Å². The second-order valence-electron chi connectivity index (χ2n) is 3.25. The van der Waals surface area contributed by atoms with Gasteiger partial charge in [0.2, 0.25) is 0 Å². The summed E-state index contributed by atoms with van der Waals surface area (Å²) in [6.45, 7) is 1.93. The van der Waals surface area contributed by atoms with Gasteiger partial charge in [-0.1, -0.05) is 18.5 Å². The van der Waals surface area contributed by atoms with Crippen LogP contribution in [0.3, 0.4) is 0 Å². The van der Waals surface area contributed by atoms with Crippen LogP contribution < -0.4 is 5.32 Å². The molecule has 0 aliphatic rings. The highest BCUT2D eigenvalue weighted by molar-refractivity contribution is 14.1. The van der Waals surface area contributed by atoms with E-state index in [1.54, 1.807) is 6.07 Å². The Morgan fingerprint density at radius 3 is 2.81 bits per heavy atom. The molecule has 0 amide bonds. The SMILES string of the molecule is CCC(Nc1ccc(Cl)cc1I)C(=O)OC. The highest BCUT2D eigenvalue weighted by atomic mass is 127. The van der Waals surface area contributed by atoms with Crippen LogP contribution in [-0.4, -0.2) is 19.1 Å². The van der Waals surface area contributed by atoms with Gasteiger partial charge in [0.15, 0.2) is 0 Å². The van der Waals surface area contributed by atoms with E-state index in [2.05, 4.69) is 27.9 Å². The van der Waals surface area contributed by atoms with Gasteiger partial charge in [0.1, 0.15) is 6.04 Å². The van der Waals surface area contributed by atoms with Crippen LogP contribution in [-0.2, 0) is 9.53 Å². The third-order valence-electron chi connectivity index (χ3n) is 2.15. The molecular formula is C11H13ClINO2. The first-order valence-corrected chi connectivity index (χ1v) is 6.33. The van der Waals surface area contributed by atoms with Gasteiger partial charge in [-0.25, -0.2) is 4.79 Å². The molecule has 0 saturated heterocycles. The van der Waals surface area contributed by atoms with Gasteiger partial charge in [-0.15, -0.1) is 0 Å². The summed E-state index contributed by atoms with van der Waals surface area (Å²) in [5, 5.41) is 3.82. The van der Waals surface area contributed by atoms with Crippen LogP contribution >= 0.6 is 34.2 Å². The molecule has 1 aromatic rings. The monoisotopic (exact) mass is 353 g/mol. The number of benzene rings is 1. The van der Waals surface area contributed by atoms with Crippen molar-refractivity contribution in [3.63, 3.8) is 0 Å². The van der Waals surface area contributed by atoms with Crippen molar-refractivity contribution in [3.05, 3.63) is 26.8 Å². The smallest absolute Gasteiger partial charge is 0.328 e. The fourth-order valence-electron chi connectivity index (χ4n) is 1.26. The zero-order valence-electron chi connectivity index (χ0n) is 9.09. The minimum absolute atomic E-state index is 0.256. The minimum atomic E-state index is -0.320. The minimum Gasteiger partial charge on any atom is -0.467 e. The zero-order valence-corrected chi connectivity index (χ0v) is 12.0. The summed E-state index contributed by atoms with van der Waals surface area (Å²) >= 11 is 8.03. The maximum absolute atomic E-state index is 11.4. The Morgan fingerprint density at radius 2 is 2.31 bits per heavy atom. The molecule has 0 aromatic heterocycles. The van der Waals surface area contributed by atoms with E-state index in [4.69, 9.17) is 16.3 Å². The molecule has 88 valence electrons. The molecule has 1 unspecified atom stereocenters. The predicted octanol–water partition coefficient (Wildman–Crippen LogP) is 3.31. The summed E-state index contributed by atoms with van der Waals surface area (Å²) in [6.07, 6.45) is 0.672. The van der Waals surface area contributed by atoms with E-state index in [1.165, 1.54) is 7.11 Å². The maximum Gasteiger partial charge on any atom is 0.328 e. The summed E-state index contributed by atoms with van der Waals surface area (Å²) in [7, 11) is 1.39. The van der Waals surface area contributed by atoms with Gasteiger partial charge in [-0.3, -0.25) is 0 Å². The molecule has 0 aliphatic heterocycles. The maximum atomic E-state index is 11.4. The molecule has 1 aromatic carbocycles. The van der Waals surface area contributed by atoms with Crippen LogP contribution in [0.1, 0.15) is 13.3 Å². The number of carbonyl (C=O) groups excluding carboxylic acids is 1. The number of halogens is 2. The molecule has 1 rings (SSSR count). The van der Waals surface area contributed by atoms with E-state index in [1.807, 2.05) is 19.1 Å². The predicted molar refractivity (Wildman–Crippen MR) is 73.9 cm³/mol. The van der Waals surface area contributed by atoms with Crippen molar-refractivity contribution in [2.45, 2.75) is 19.4 Å². The van der Waals surface area contributed by atoms with Crippen molar-refractivity contribution >= 4 is 45.8 Å². The summed E-state index contributed by atoms with van der Waals surface area (Å²) in [6, 6.07) is 5.17. The molecule has 0 saturated carbocycles. The van der Waals surface area contributed by atoms with E-state index >= 15 is 0 Å². The quantitative estimate of drug-likeness (QED) is 0.667. The summed E-state index contributed by atoms with van der Waals surface area (Å²) < 4.78 is 5.69. The first-order chi connectivity index (χ1) is 7.58. The summed E-state index contributed by atoms with van der Waals surface area (Å²) in [5.74, 6) is -0.256. The molecule has 0 bridgehead atoms. The Kier molecular flexibility index (Phi) is 5.34. The Morgan fingerprint density at radius 1 is 1.62 bits per heavy atom.